The number of hydrogen-bond donors (Lipinski definition) is 1. The van der Waals surface area contributed by atoms with E-state index in [0.717, 1.165) is 6.42 Å². The minimum atomic E-state index is -0.508. The van der Waals surface area contributed by atoms with Crippen LogP contribution in [0.5, 0.6) is 0 Å². The Morgan fingerprint density at radius 1 is 1.27 bits per heavy atom. The summed E-state index contributed by atoms with van der Waals surface area (Å²) >= 11 is 0. The van der Waals surface area contributed by atoms with Gasteiger partial charge in [0.05, 0.1) is 23.2 Å². The minimum Gasteiger partial charge on any atom is -0.368 e. The molecule has 2 heterocycles. The number of carbonyl (C=O) groups is 2. The van der Waals surface area contributed by atoms with E-state index in [1.165, 1.54) is 32.1 Å². The van der Waals surface area contributed by atoms with Crippen molar-refractivity contribution in [1.82, 2.24) is 15.0 Å². The van der Waals surface area contributed by atoms with E-state index in [9.17, 15) is 9.59 Å². The second kappa shape index (κ2) is 7.85. The fourth-order valence-electron chi connectivity index (χ4n) is 3.81. The number of amides is 2. The Morgan fingerprint density at radius 3 is 2.69 bits per heavy atom. The molecule has 0 atom stereocenters. The van der Waals surface area contributed by atoms with E-state index < -0.39 is 5.91 Å². The van der Waals surface area contributed by atoms with Gasteiger partial charge in [-0.1, -0.05) is 37.3 Å². The van der Waals surface area contributed by atoms with Gasteiger partial charge in [0.15, 0.2) is 0 Å². The van der Waals surface area contributed by atoms with Gasteiger partial charge in [0.1, 0.15) is 0 Å². The van der Waals surface area contributed by atoms with Crippen LogP contribution < -0.4 is 5.73 Å². The third kappa shape index (κ3) is 4.03. The molecule has 7 nitrogen and oxygen atoms in total. The maximum Gasteiger partial charge on any atom is 0.258 e. The van der Waals surface area contributed by atoms with E-state index in [4.69, 9.17) is 10.3 Å². The van der Waals surface area contributed by atoms with Gasteiger partial charge in [-0.15, -0.1) is 0 Å². The van der Waals surface area contributed by atoms with E-state index in [-0.39, 0.29) is 12.5 Å². The monoisotopic (exact) mass is 358 g/mol. The first-order valence-electron chi connectivity index (χ1n) is 9.27. The number of nitrogens with two attached hydrogens (primary N) is 1. The van der Waals surface area contributed by atoms with Crippen LogP contribution in [0.25, 0.3) is 11.1 Å². The third-order valence-corrected chi connectivity index (χ3v) is 5.14. The molecule has 3 rings (SSSR count). The standard InChI is InChI=1S/C19H26N4O3/c1-12-10-15(17-13(2)22-26-18(17)21-12)19(25)23(11-16(20)24)9-8-14-6-4-3-5-7-14/h10,14H,3-9,11H2,1-2H3,(H2,20,24). The molecule has 140 valence electrons. The molecule has 2 amide bonds. The first-order valence-corrected chi connectivity index (χ1v) is 9.27. The summed E-state index contributed by atoms with van der Waals surface area (Å²) in [5.74, 6) is -0.115. The lowest BCUT2D eigenvalue weighted by molar-refractivity contribution is -0.118. The molecule has 0 saturated heterocycles. The van der Waals surface area contributed by atoms with Crippen molar-refractivity contribution in [3.05, 3.63) is 23.0 Å². The molecule has 26 heavy (non-hydrogen) atoms. The normalized spacial score (nSPS) is 15.3. The Bertz CT molecular complexity index is 808. The maximum atomic E-state index is 13.2. The van der Waals surface area contributed by atoms with E-state index in [1.807, 2.05) is 0 Å². The first kappa shape index (κ1) is 18.4. The highest BCUT2D eigenvalue weighted by molar-refractivity contribution is 6.06. The summed E-state index contributed by atoms with van der Waals surface area (Å²) in [4.78, 5) is 30.6. The zero-order valence-electron chi connectivity index (χ0n) is 15.5. The van der Waals surface area contributed by atoms with E-state index in [1.54, 1.807) is 24.8 Å². The molecule has 0 aromatic carbocycles. The molecule has 0 bridgehead atoms. The van der Waals surface area contributed by atoms with Crippen molar-refractivity contribution in [3.63, 3.8) is 0 Å². The van der Waals surface area contributed by atoms with Gasteiger partial charge in [0.25, 0.3) is 11.6 Å². The van der Waals surface area contributed by atoms with Crippen molar-refractivity contribution < 1.29 is 14.1 Å². The summed E-state index contributed by atoms with van der Waals surface area (Å²) in [6.45, 7) is 4.02. The number of nitrogens with zero attached hydrogens (tertiary/aromatic N) is 3. The molecule has 0 unspecified atom stereocenters. The molecular weight excluding hydrogens is 332 g/mol. The lowest BCUT2D eigenvalue weighted by Crippen LogP contribution is -2.40. The highest BCUT2D eigenvalue weighted by Gasteiger charge is 2.24. The van der Waals surface area contributed by atoms with Crippen molar-refractivity contribution in [3.8, 4) is 0 Å². The van der Waals surface area contributed by atoms with Crippen LogP contribution in [0.1, 0.15) is 60.3 Å². The number of primary amides is 1. The summed E-state index contributed by atoms with van der Waals surface area (Å²) in [6, 6.07) is 1.73. The van der Waals surface area contributed by atoms with Crippen LogP contribution in [-0.4, -0.2) is 39.9 Å². The lowest BCUT2D eigenvalue weighted by Gasteiger charge is -2.26. The van der Waals surface area contributed by atoms with Crippen molar-refractivity contribution in [2.45, 2.75) is 52.4 Å². The number of rotatable bonds is 6. The summed E-state index contributed by atoms with van der Waals surface area (Å²) in [7, 11) is 0. The Morgan fingerprint density at radius 2 is 2.00 bits per heavy atom. The highest BCUT2D eigenvalue weighted by atomic mass is 16.5. The topological polar surface area (TPSA) is 102 Å². The first-order chi connectivity index (χ1) is 12.5. The predicted molar refractivity (Wildman–Crippen MR) is 97.6 cm³/mol. The molecule has 2 aromatic rings. The van der Waals surface area contributed by atoms with Gasteiger partial charge in [-0.2, -0.15) is 0 Å². The average Bonchev–Trinajstić information content (AvgIpc) is 2.98. The fourth-order valence-corrected chi connectivity index (χ4v) is 3.81. The SMILES string of the molecule is Cc1cc(C(=O)N(CCC2CCCCC2)CC(N)=O)c2c(C)noc2n1. The Hall–Kier alpha value is -2.44. The second-order valence-corrected chi connectivity index (χ2v) is 7.25. The Labute approximate surface area is 152 Å². The second-order valence-electron chi connectivity index (χ2n) is 7.25. The van der Waals surface area contributed by atoms with Crippen molar-refractivity contribution >= 4 is 22.9 Å². The van der Waals surface area contributed by atoms with E-state index >= 15 is 0 Å². The van der Waals surface area contributed by atoms with Crippen LogP contribution in [-0.2, 0) is 4.79 Å². The molecule has 2 aromatic heterocycles. The van der Waals surface area contributed by atoms with Gasteiger partial charge in [-0.25, -0.2) is 4.98 Å². The maximum absolute atomic E-state index is 13.2. The van der Waals surface area contributed by atoms with E-state index in [0.29, 0.717) is 40.5 Å². The van der Waals surface area contributed by atoms with Crippen LogP contribution >= 0.6 is 0 Å². The van der Waals surface area contributed by atoms with Gasteiger partial charge in [-0.05, 0) is 32.3 Å². The summed E-state index contributed by atoms with van der Waals surface area (Å²) in [6.07, 6.45) is 7.08. The Kier molecular flexibility index (Phi) is 5.54. The van der Waals surface area contributed by atoms with Gasteiger partial charge in [0, 0.05) is 12.2 Å². The average molecular weight is 358 g/mol. The van der Waals surface area contributed by atoms with Crippen molar-refractivity contribution in [2.24, 2.45) is 11.7 Å². The van der Waals surface area contributed by atoms with Crippen LogP contribution in [0, 0.1) is 19.8 Å². The minimum absolute atomic E-state index is 0.0846. The summed E-state index contributed by atoms with van der Waals surface area (Å²) < 4.78 is 5.21. The third-order valence-electron chi connectivity index (χ3n) is 5.14. The fraction of sp³-hybridized carbons (Fsp3) is 0.579. The van der Waals surface area contributed by atoms with Gasteiger partial charge in [0.2, 0.25) is 5.91 Å². The number of carbonyl (C=O) groups excluding carboxylic acids is 2. The van der Waals surface area contributed by atoms with Crippen LogP contribution in [0.4, 0.5) is 0 Å². The van der Waals surface area contributed by atoms with Gasteiger partial charge >= 0.3 is 0 Å². The zero-order chi connectivity index (χ0) is 18.7. The summed E-state index contributed by atoms with van der Waals surface area (Å²) in [5.41, 5.74) is 7.49. The molecule has 7 heteroatoms. The Balaban J connectivity index is 1.85. The van der Waals surface area contributed by atoms with Crippen LogP contribution in [0.3, 0.4) is 0 Å². The number of aryl methyl sites for hydroxylation is 2. The number of aromatic nitrogens is 2. The predicted octanol–water partition coefficient (Wildman–Crippen LogP) is 2.74. The molecular formula is C19H26N4O3. The molecule has 1 fully saturated rings. The molecule has 2 N–H and O–H groups in total. The van der Waals surface area contributed by atoms with Crippen LogP contribution in [0.2, 0.25) is 0 Å². The zero-order valence-corrected chi connectivity index (χ0v) is 15.5. The summed E-state index contributed by atoms with van der Waals surface area (Å²) in [5, 5.41) is 4.52. The van der Waals surface area contributed by atoms with Gasteiger partial charge in [-0.3, -0.25) is 9.59 Å². The van der Waals surface area contributed by atoms with Crippen molar-refractivity contribution in [2.75, 3.05) is 13.1 Å². The van der Waals surface area contributed by atoms with E-state index in [2.05, 4.69) is 10.1 Å². The smallest absolute Gasteiger partial charge is 0.258 e. The molecule has 1 saturated carbocycles. The van der Waals surface area contributed by atoms with Crippen molar-refractivity contribution in [1.29, 1.82) is 0 Å². The number of fused-ring (bicyclic) bond motifs is 1. The molecule has 1 aliphatic rings. The largest absolute Gasteiger partial charge is 0.368 e. The highest BCUT2D eigenvalue weighted by Crippen LogP contribution is 2.27. The lowest BCUT2D eigenvalue weighted by atomic mass is 9.87. The quantitative estimate of drug-likeness (QED) is 0.855. The molecule has 0 radical (unpaired) electrons. The van der Waals surface area contributed by atoms with Gasteiger partial charge < -0.3 is 15.2 Å². The molecule has 0 spiro atoms. The number of hydrogen-bond acceptors (Lipinski definition) is 5. The van der Waals surface area contributed by atoms with Crippen LogP contribution in [0.15, 0.2) is 10.6 Å². The molecule has 0 aliphatic heterocycles. The molecule has 1 aliphatic carbocycles. The number of pyridine rings is 1.